The van der Waals surface area contributed by atoms with Crippen LogP contribution in [0.5, 0.6) is 0 Å². The van der Waals surface area contributed by atoms with Gasteiger partial charge in [-0.25, -0.2) is 17.9 Å². The third kappa shape index (κ3) is 4.58. The summed E-state index contributed by atoms with van der Waals surface area (Å²) in [7, 11) is -3.55. The summed E-state index contributed by atoms with van der Waals surface area (Å²) in [5.74, 6) is -0.314. The quantitative estimate of drug-likeness (QED) is 0.404. The molecule has 152 valence electrons. The SMILES string of the molecule is O=C(O)CCCC[C@@H]1SC[C@@H]2NC(=O)N[C@@H]21.O=C1NS(=O)(=O)c2ccccc21. The Kier molecular flexibility index (Phi) is 6.14. The number of carbonyl (C=O) groups excluding carboxylic acids is 2. The molecule has 3 heterocycles. The van der Waals surface area contributed by atoms with Gasteiger partial charge in [0.1, 0.15) is 4.90 Å². The van der Waals surface area contributed by atoms with E-state index < -0.39 is 21.9 Å². The van der Waals surface area contributed by atoms with Crippen LogP contribution in [0.3, 0.4) is 0 Å². The monoisotopic (exact) mass is 427 g/mol. The van der Waals surface area contributed by atoms with Crippen LogP contribution < -0.4 is 15.4 Å². The first kappa shape index (κ1) is 20.5. The van der Waals surface area contributed by atoms with E-state index in [0.29, 0.717) is 5.25 Å². The van der Waals surface area contributed by atoms with Crippen LogP contribution in [0, 0.1) is 0 Å². The van der Waals surface area contributed by atoms with Crippen LogP contribution in [0.2, 0.25) is 0 Å². The average Bonchev–Trinajstić information content (AvgIpc) is 3.24. The molecule has 4 rings (SSSR count). The van der Waals surface area contributed by atoms with E-state index in [1.165, 1.54) is 12.1 Å². The zero-order valence-corrected chi connectivity index (χ0v) is 16.5. The van der Waals surface area contributed by atoms with Crippen molar-refractivity contribution in [1.82, 2.24) is 15.4 Å². The number of hydrogen-bond donors (Lipinski definition) is 4. The number of carboxylic acid groups (broad SMARTS) is 1. The van der Waals surface area contributed by atoms with Crippen LogP contribution in [-0.2, 0) is 14.8 Å². The Morgan fingerprint density at radius 3 is 2.64 bits per heavy atom. The standard InChI is InChI=1S/C10H16N2O3S.C7H5NO3S/c13-8(14)4-2-1-3-7-9-6(5-16-7)11-10(15)12-9;9-7-5-3-1-2-4-6(5)12(10,11)8-7/h6-7,9H,1-5H2,(H,13,14)(H2,11,12,15);1-4H,(H,8,9)/t6-,7-,9-;/m0./s1. The van der Waals surface area contributed by atoms with Gasteiger partial charge in [0.25, 0.3) is 15.9 Å². The maximum Gasteiger partial charge on any atom is 0.315 e. The number of fused-ring (bicyclic) bond motifs is 2. The second-order valence-electron chi connectivity index (χ2n) is 6.69. The zero-order valence-electron chi connectivity index (χ0n) is 14.9. The Morgan fingerprint density at radius 2 is 1.93 bits per heavy atom. The molecule has 11 heteroatoms. The largest absolute Gasteiger partial charge is 0.481 e. The van der Waals surface area contributed by atoms with E-state index >= 15 is 0 Å². The van der Waals surface area contributed by atoms with E-state index in [-0.39, 0.29) is 35.0 Å². The number of amides is 3. The van der Waals surface area contributed by atoms with Gasteiger partial charge in [0, 0.05) is 17.4 Å². The molecule has 2 saturated heterocycles. The first-order chi connectivity index (χ1) is 13.3. The molecular weight excluding hydrogens is 406 g/mol. The van der Waals surface area contributed by atoms with E-state index in [2.05, 4.69) is 10.6 Å². The van der Waals surface area contributed by atoms with Gasteiger partial charge in [-0.15, -0.1) is 0 Å². The number of nitrogens with one attached hydrogen (secondary N) is 3. The highest BCUT2D eigenvalue weighted by atomic mass is 32.2. The highest BCUT2D eigenvalue weighted by Gasteiger charge is 2.42. The molecule has 0 spiro atoms. The summed E-state index contributed by atoms with van der Waals surface area (Å²) >= 11 is 1.87. The molecule has 3 aliphatic heterocycles. The molecule has 1 aromatic carbocycles. The summed E-state index contributed by atoms with van der Waals surface area (Å²) in [4.78, 5) is 32.5. The fraction of sp³-hybridized carbons (Fsp3) is 0.471. The minimum atomic E-state index is -3.55. The molecule has 9 nitrogen and oxygen atoms in total. The van der Waals surface area contributed by atoms with E-state index in [1.807, 2.05) is 16.5 Å². The maximum atomic E-state index is 11.1. The number of rotatable bonds is 5. The van der Waals surface area contributed by atoms with Crippen molar-refractivity contribution in [3.8, 4) is 0 Å². The van der Waals surface area contributed by atoms with E-state index in [0.717, 1.165) is 25.0 Å². The molecule has 1 aromatic rings. The van der Waals surface area contributed by atoms with Gasteiger partial charge in [0.2, 0.25) is 0 Å². The van der Waals surface area contributed by atoms with Crippen molar-refractivity contribution >= 4 is 39.7 Å². The molecule has 28 heavy (non-hydrogen) atoms. The number of hydrogen-bond acceptors (Lipinski definition) is 6. The molecule has 0 saturated carbocycles. The Balaban J connectivity index is 0.000000167. The van der Waals surface area contributed by atoms with Crippen LogP contribution in [0.25, 0.3) is 0 Å². The van der Waals surface area contributed by atoms with Gasteiger partial charge in [-0.1, -0.05) is 18.6 Å². The fourth-order valence-corrected chi connectivity index (χ4v) is 6.10. The third-order valence-corrected chi connectivity index (χ3v) is 7.61. The number of aliphatic carboxylic acids is 1. The summed E-state index contributed by atoms with van der Waals surface area (Å²) in [5.41, 5.74) is 0.220. The molecule has 2 fully saturated rings. The van der Waals surface area contributed by atoms with Crippen molar-refractivity contribution in [2.75, 3.05) is 5.75 Å². The first-order valence-corrected chi connectivity index (χ1v) is 11.4. The predicted octanol–water partition coefficient (Wildman–Crippen LogP) is 0.916. The number of carboxylic acids is 1. The number of sulfonamides is 1. The van der Waals surface area contributed by atoms with Gasteiger partial charge < -0.3 is 15.7 Å². The smallest absolute Gasteiger partial charge is 0.315 e. The van der Waals surface area contributed by atoms with E-state index in [4.69, 9.17) is 5.11 Å². The zero-order chi connectivity index (χ0) is 20.3. The van der Waals surface area contributed by atoms with E-state index in [1.54, 1.807) is 12.1 Å². The molecule has 0 aliphatic carbocycles. The van der Waals surface area contributed by atoms with Crippen molar-refractivity contribution in [3.63, 3.8) is 0 Å². The van der Waals surface area contributed by atoms with Gasteiger partial charge in [0.05, 0.1) is 17.6 Å². The molecule has 3 aliphatic rings. The third-order valence-electron chi connectivity index (χ3n) is 4.72. The van der Waals surface area contributed by atoms with Gasteiger partial charge >= 0.3 is 12.0 Å². The van der Waals surface area contributed by atoms with Crippen LogP contribution in [0.15, 0.2) is 29.2 Å². The van der Waals surface area contributed by atoms with Crippen LogP contribution >= 0.6 is 11.8 Å². The first-order valence-electron chi connectivity index (χ1n) is 8.84. The van der Waals surface area contributed by atoms with Crippen LogP contribution in [0.4, 0.5) is 4.79 Å². The Bertz CT molecular complexity index is 889. The van der Waals surface area contributed by atoms with Crippen molar-refractivity contribution in [1.29, 1.82) is 0 Å². The van der Waals surface area contributed by atoms with Crippen molar-refractivity contribution in [2.45, 2.75) is 47.9 Å². The predicted molar refractivity (Wildman–Crippen MR) is 103 cm³/mol. The molecule has 0 radical (unpaired) electrons. The molecule has 0 bridgehead atoms. The lowest BCUT2D eigenvalue weighted by Gasteiger charge is -2.16. The molecule has 0 unspecified atom stereocenters. The molecule has 0 aromatic heterocycles. The minimum absolute atomic E-state index is 0.0640. The van der Waals surface area contributed by atoms with Crippen LogP contribution in [-0.4, -0.2) is 54.5 Å². The second kappa shape index (κ2) is 8.39. The summed E-state index contributed by atoms with van der Waals surface area (Å²) in [6, 6.07) is 6.53. The lowest BCUT2D eigenvalue weighted by atomic mass is 10.0. The molecule has 3 amide bonds. The Hall–Kier alpha value is -2.27. The number of carbonyl (C=O) groups is 3. The normalized spacial score (nSPS) is 26.2. The number of urea groups is 1. The molecule has 3 atom stereocenters. The highest BCUT2D eigenvalue weighted by Crippen LogP contribution is 2.33. The fourth-order valence-electron chi connectivity index (χ4n) is 3.39. The lowest BCUT2D eigenvalue weighted by molar-refractivity contribution is -0.137. The number of thioether (sulfide) groups is 1. The average molecular weight is 428 g/mol. The highest BCUT2D eigenvalue weighted by molar-refractivity contribution is 8.00. The van der Waals surface area contributed by atoms with Gasteiger partial charge in [-0.2, -0.15) is 11.8 Å². The second-order valence-corrected chi connectivity index (χ2v) is 9.62. The summed E-state index contributed by atoms with van der Waals surface area (Å²) in [6.07, 6.45) is 2.88. The van der Waals surface area contributed by atoms with Gasteiger partial charge in [-0.3, -0.25) is 9.59 Å². The number of benzene rings is 1. The maximum absolute atomic E-state index is 11.1. The topological polar surface area (TPSA) is 142 Å². The summed E-state index contributed by atoms with van der Waals surface area (Å²) in [5, 5.41) is 14.8. The van der Waals surface area contributed by atoms with Crippen molar-refractivity contribution in [3.05, 3.63) is 29.8 Å². The Morgan fingerprint density at radius 1 is 1.18 bits per heavy atom. The lowest BCUT2D eigenvalue weighted by Crippen LogP contribution is -2.36. The summed E-state index contributed by atoms with van der Waals surface area (Å²) < 4.78 is 24.2. The van der Waals surface area contributed by atoms with Gasteiger partial charge in [-0.05, 0) is 25.0 Å². The van der Waals surface area contributed by atoms with E-state index in [9.17, 15) is 22.8 Å². The molecular formula is C17H21N3O6S2. The van der Waals surface area contributed by atoms with Crippen molar-refractivity contribution in [2.24, 2.45) is 0 Å². The summed E-state index contributed by atoms with van der Waals surface area (Å²) in [6.45, 7) is 0. The number of unbranched alkanes of at least 4 members (excludes halogenated alkanes) is 1. The minimum Gasteiger partial charge on any atom is -0.481 e. The van der Waals surface area contributed by atoms with Crippen molar-refractivity contribution < 1.29 is 27.9 Å². The molecule has 4 N–H and O–H groups in total. The van der Waals surface area contributed by atoms with Crippen LogP contribution in [0.1, 0.15) is 36.0 Å². The Labute approximate surface area is 166 Å². The van der Waals surface area contributed by atoms with Gasteiger partial charge in [0.15, 0.2) is 0 Å².